The van der Waals surface area contributed by atoms with Gasteiger partial charge in [0.05, 0.1) is 11.0 Å². The van der Waals surface area contributed by atoms with Crippen molar-refractivity contribution in [2.45, 2.75) is 77.6 Å². The molecule has 0 spiro atoms. The van der Waals surface area contributed by atoms with E-state index in [-0.39, 0.29) is 16.2 Å². The number of nitrogens with one attached hydrogen (secondary N) is 1. The fourth-order valence-electron chi connectivity index (χ4n) is 12.0. The first kappa shape index (κ1) is 38.5. The average molecular weight is 873 g/mol. The summed E-state index contributed by atoms with van der Waals surface area (Å²) < 4.78 is 19.2. The smallest absolute Gasteiger partial charge is 0.198 e. The monoisotopic (exact) mass is 872 g/mol. The summed E-state index contributed by atoms with van der Waals surface area (Å²) in [5.41, 5.74) is 18.7. The molecule has 1 N–H and O–H groups in total. The molecule has 0 fully saturated rings. The van der Waals surface area contributed by atoms with Crippen LogP contribution in [0.4, 0.5) is 11.4 Å². The van der Waals surface area contributed by atoms with Crippen LogP contribution in [0.15, 0.2) is 142 Å². The lowest BCUT2D eigenvalue weighted by Crippen LogP contribution is -2.37. The van der Waals surface area contributed by atoms with E-state index in [4.69, 9.17) is 8.83 Å². The van der Waals surface area contributed by atoms with Crippen LogP contribution in [-0.4, -0.2) is 11.8 Å². The zero-order valence-electron chi connectivity index (χ0n) is 38.5. The minimum Gasteiger partial charge on any atom is -0.456 e. The highest BCUT2D eigenvalue weighted by atomic mass is 32.1. The first-order valence-corrected chi connectivity index (χ1v) is 24.4. The van der Waals surface area contributed by atoms with Crippen molar-refractivity contribution in [3.8, 4) is 16.8 Å². The Morgan fingerprint density at radius 2 is 1.29 bits per heavy atom. The molecule has 2 aliphatic rings. The van der Waals surface area contributed by atoms with Crippen LogP contribution >= 0.6 is 11.3 Å². The summed E-state index contributed by atoms with van der Waals surface area (Å²) in [6.07, 6.45) is 2.30. The fourth-order valence-corrected chi connectivity index (χ4v) is 13.1. The lowest BCUT2D eigenvalue weighted by atomic mass is 9.58. The van der Waals surface area contributed by atoms with Gasteiger partial charge in [0, 0.05) is 80.7 Å². The Hall–Kier alpha value is -6.76. The first-order valence-electron chi connectivity index (χ1n) is 23.6. The van der Waals surface area contributed by atoms with Gasteiger partial charge in [0.2, 0.25) is 0 Å². The lowest BCUT2D eigenvalue weighted by molar-refractivity contribution is 0.332. The van der Waals surface area contributed by atoms with Crippen molar-refractivity contribution in [2.24, 2.45) is 0 Å². The van der Waals surface area contributed by atoms with Gasteiger partial charge < -0.3 is 18.7 Å². The van der Waals surface area contributed by atoms with Gasteiger partial charge in [0.1, 0.15) is 22.3 Å². The Balaban J connectivity index is 1.17. The molecular weight excluding hydrogens is 824 g/mol. The molecule has 1 aliphatic carbocycles. The number of anilines is 2. The van der Waals surface area contributed by atoms with Crippen molar-refractivity contribution in [2.75, 3.05) is 5.32 Å². The van der Waals surface area contributed by atoms with E-state index >= 15 is 0 Å². The van der Waals surface area contributed by atoms with Crippen molar-refractivity contribution >= 4 is 127 Å². The summed E-state index contributed by atoms with van der Waals surface area (Å²) in [5, 5.41) is 13.7. The number of nitrogens with zero attached hydrogens (tertiary/aromatic N) is 1. The summed E-state index contributed by atoms with van der Waals surface area (Å²) >= 11 is 1.86. The number of furan rings is 2. The largest absolute Gasteiger partial charge is 0.456 e. The number of thiophene rings is 1. The standard InChI is InChI=1S/C60H49BN2O2S/c1-58(2,3)32-20-22-33(23-21-32)62-44-31-51-38(35-15-10-13-19-50(35)66-51)26-39(44)54-55-56-52(53-36-16-9-12-18-48(36)65-57(53)54)40-27-41-42(60(6,7)25-24-59(41,4)5)29-45(40)63(56)46-28-37-34-14-8-11-17-47(34)64-49(37)30-43(46)61-55/h8-23,26-31,61-62H,24-25H2,1-7H3. The fraction of sp³-hybridized carbons (Fsp3) is 0.200. The molecular formula is C60H49BN2O2S. The van der Waals surface area contributed by atoms with Crippen LogP contribution in [0.25, 0.3) is 103 Å². The average Bonchev–Trinajstić information content (AvgIpc) is 4.06. The number of rotatable bonds is 3. The number of para-hydroxylation sites is 2. The third-order valence-corrected chi connectivity index (χ3v) is 16.7. The maximum atomic E-state index is 7.34. The van der Waals surface area contributed by atoms with E-state index in [1.807, 2.05) is 11.3 Å². The molecule has 0 radical (unpaired) electrons. The summed E-state index contributed by atoms with van der Waals surface area (Å²) in [7, 11) is 0.719. The van der Waals surface area contributed by atoms with Crippen LogP contribution in [0.2, 0.25) is 0 Å². The molecule has 0 atom stereocenters. The number of hydrogen-bond acceptors (Lipinski definition) is 4. The number of benzene rings is 8. The molecule has 5 heterocycles. The normalized spacial score (nSPS) is 15.4. The van der Waals surface area contributed by atoms with Gasteiger partial charge >= 0.3 is 0 Å². The lowest BCUT2D eigenvalue weighted by Gasteiger charge is -2.42. The van der Waals surface area contributed by atoms with Crippen LogP contribution in [-0.2, 0) is 16.2 Å². The third-order valence-electron chi connectivity index (χ3n) is 15.6. The molecule has 320 valence electrons. The molecule has 8 aromatic carbocycles. The van der Waals surface area contributed by atoms with Crippen molar-refractivity contribution in [3.63, 3.8) is 0 Å². The van der Waals surface area contributed by atoms with Crippen LogP contribution in [0.3, 0.4) is 0 Å². The first-order chi connectivity index (χ1) is 31.8. The van der Waals surface area contributed by atoms with Crippen molar-refractivity contribution < 1.29 is 8.83 Å². The third kappa shape index (κ3) is 5.28. The SMILES string of the molecule is CC(C)(C)c1ccc(Nc2cc3sc4ccccc4c3cc2-c2c3c4c(c5cc6c(cc5n4-c4cc5c(cc4B3)oc3ccccc35)C(C)(C)CCC6(C)C)c3c2oc2ccccc23)cc1. The molecule has 4 nitrogen and oxygen atoms in total. The van der Waals surface area contributed by atoms with E-state index < -0.39 is 0 Å². The van der Waals surface area contributed by atoms with Crippen LogP contribution in [0.1, 0.15) is 78.0 Å². The molecule has 0 amide bonds. The zero-order valence-corrected chi connectivity index (χ0v) is 39.3. The van der Waals surface area contributed by atoms with E-state index in [9.17, 15) is 0 Å². The highest BCUT2D eigenvalue weighted by molar-refractivity contribution is 7.25. The molecule has 6 heteroatoms. The topological polar surface area (TPSA) is 43.2 Å². The van der Waals surface area contributed by atoms with Crippen molar-refractivity contribution in [3.05, 3.63) is 150 Å². The Morgan fingerprint density at radius 3 is 2.05 bits per heavy atom. The number of fused-ring (bicyclic) bond motifs is 16. The van der Waals surface area contributed by atoms with E-state index in [1.54, 1.807) is 0 Å². The molecule has 14 rings (SSSR count). The van der Waals surface area contributed by atoms with Gasteiger partial charge in [0.25, 0.3) is 0 Å². The summed E-state index contributed by atoms with van der Waals surface area (Å²) in [6, 6.07) is 49.8. The zero-order chi connectivity index (χ0) is 44.6. The second-order valence-corrected chi connectivity index (χ2v) is 22.7. The molecule has 0 unspecified atom stereocenters. The van der Waals surface area contributed by atoms with Gasteiger partial charge in [-0.05, 0) is 118 Å². The predicted octanol–water partition coefficient (Wildman–Crippen LogP) is 15.7. The van der Waals surface area contributed by atoms with Gasteiger partial charge in [-0.1, -0.05) is 121 Å². The van der Waals surface area contributed by atoms with Gasteiger partial charge in [-0.3, -0.25) is 0 Å². The molecule has 66 heavy (non-hydrogen) atoms. The second-order valence-electron chi connectivity index (χ2n) is 21.6. The predicted molar refractivity (Wildman–Crippen MR) is 284 cm³/mol. The Labute approximate surface area is 388 Å². The minimum absolute atomic E-state index is 0.0357. The maximum Gasteiger partial charge on any atom is 0.198 e. The van der Waals surface area contributed by atoms with Gasteiger partial charge in [-0.2, -0.15) is 0 Å². The quantitative estimate of drug-likeness (QED) is 0.180. The van der Waals surface area contributed by atoms with E-state index in [0.29, 0.717) is 0 Å². The second kappa shape index (κ2) is 13.0. The van der Waals surface area contributed by atoms with Crippen molar-refractivity contribution in [1.29, 1.82) is 0 Å². The molecule has 0 saturated heterocycles. The summed E-state index contributed by atoms with van der Waals surface area (Å²) in [4.78, 5) is 0. The van der Waals surface area contributed by atoms with Crippen LogP contribution in [0.5, 0.6) is 0 Å². The van der Waals surface area contributed by atoms with E-state index in [0.717, 1.165) is 81.1 Å². The number of hydrogen-bond donors (Lipinski definition) is 1. The van der Waals surface area contributed by atoms with E-state index in [1.165, 1.54) is 80.7 Å². The molecule has 1 aliphatic heterocycles. The maximum absolute atomic E-state index is 7.34. The Morgan fingerprint density at radius 1 is 0.606 bits per heavy atom. The number of aromatic nitrogens is 1. The van der Waals surface area contributed by atoms with Gasteiger partial charge in [-0.25, -0.2) is 0 Å². The molecule has 0 saturated carbocycles. The summed E-state index contributed by atoms with van der Waals surface area (Å²) in [5.74, 6) is 0. The molecule has 12 aromatic rings. The summed E-state index contributed by atoms with van der Waals surface area (Å²) in [6.45, 7) is 16.6. The highest BCUT2D eigenvalue weighted by Gasteiger charge is 2.40. The highest BCUT2D eigenvalue weighted by Crippen LogP contribution is 2.52. The van der Waals surface area contributed by atoms with Gasteiger partial charge in [-0.15, -0.1) is 11.3 Å². The Kier molecular flexibility index (Phi) is 7.58. The Bertz CT molecular complexity index is 4090. The van der Waals surface area contributed by atoms with Crippen molar-refractivity contribution in [1.82, 2.24) is 4.57 Å². The minimum atomic E-state index is 0.0357. The molecule has 4 aromatic heterocycles. The van der Waals surface area contributed by atoms with Crippen LogP contribution in [0, 0.1) is 0 Å². The van der Waals surface area contributed by atoms with Crippen LogP contribution < -0.4 is 16.2 Å². The molecule has 0 bridgehead atoms. The van der Waals surface area contributed by atoms with Gasteiger partial charge in [0.15, 0.2) is 7.28 Å². The van der Waals surface area contributed by atoms with E-state index in [2.05, 4.69) is 192 Å².